The molecule has 98 valence electrons. The van der Waals surface area contributed by atoms with Crippen LogP contribution in [0.5, 0.6) is 0 Å². The van der Waals surface area contributed by atoms with E-state index in [1.165, 1.54) is 0 Å². The first-order valence-electron chi connectivity index (χ1n) is 5.16. The first kappa shape index (κ1) is 15.7. The Balaban J connectivity index is 3.31. The third-order valence-corrected chi connectivity index (χ3v) is 1.53. The summed E-state index contributed by atoms with van der Waals surface area (Å²) < 4.78 is 18.2. The van der Waals surface area contributed by atoms with Crippen molar-refractivity contribution in [2.24, 2.45) is 0 Å². The van der Waals surface area contributed by atoms with Gasteiger partial charge in [0.15, 0.2) is 13.2 Å². The molecule has 0 radical (unpaired) electrons. The van der Waals surface area contributed by atoms with Gasteiger partial charge in [0.2, 0.25) is 0 Å². The van der Waals surface area contributed by atoms with Crippen LogP contribution in [0.4, 0.5) is 9.59 Å². The summed E-state index contributed by atoms with van der Waals surface area (Å²) >= 11 is 0. The van der Waals surface area contributed by atoms with Crippen LogP contribution in [0.15, 0.2) is 0 Å². The van der Waals surface area contributed by atoms with E-state index in [-0.39, 0.29) is 26.4 Å². The summed E-state index contributed by atoms with van der Waals surface area (Å²) in [7, 11) is 0. The van der Waals surface area contributed by atoms with Gasteiger partial charge in [0, 0.05) is 0 Å². The van der Waals surface area contributed by atoms with Crippen LogP contribution in [-0.4, -0.2) is 38.7 Å². The van der Waals surface area contributed by atoms with E-state index in [0.717, 1.165) is 0 Å². The molecule has 18 heavy (non-hydrogen) atoms. The number of ether oxygens (including phenoxy) is 4. The summed E-state index contributed by atoms with van der Waals surface area (Å²) in [5.41, 5.74) is 0. The topological polar surface area (TPSA) is 71.1 Å². The summed E-state index contributed by atoms with van der Waals surface area (Å²) in [5, 5.41) is 0. The largest absolute Gasteiger partial charge is 0.509 e. The number of rotatable bonds is 7. The van der Waals surface area contributed by atoms with Crippen LogP contribution >= 0.6 is 0 Å². The fraction of sp³-hybridized carbons (Fsp3) is 0.500. The molecule has 0 aromatic rings. The molecule has 0 N–H and O–H groups in total. The Hall–Kier alpha value is -2.34. The second kappa shape index (κ2) is 11.2. The van der Waals surface area contributed by atoms with Crippen molar-refractivity contribution in [3.05, 3.63) is 0 Å². The molecule has 0 heterocycles. The van der Waals surface area contributed by atoms with Crippen LogP contribution in [0.1, 0.15) is 12.8 Å². The minimum Gasteiger partial charge on any atom is -0.434 e. The van der Waals surface area contributed by atoms with Gasteiger partial charge in [0.25, 0.3) is 0 Å². The van der Waals surface area contributed by atoms with E-state index in [0.29, 0.717) is 12.8 Å². The van der Waals surface area contributed by atoms with Gasteiger partial charge < -0.3 is 18.9 Å². The molecular weight excluding hydrogens is 240 g/mol. The normalized spacial score (nSPS) is 8.56. The molecule has 0 aliphatic heterocycles. The van der Waals surface area contributed by atoms with E-state index in [1.807, 2.05) is 0 Å². The first-order chi connectivity index (χ1) is 8.70. The fourth-order valence-electron chi connectivity index (χ4n) is 0.800. The maximum Gasteiger partial charge on any atom is 0.509 e. The van der Waals surface area contributed by atoms with E-state index in [1.54, 1.807) is 0 Å². The van der Waals surface area contributed by atoms with Crippen molar-refractivity contribution < 1.29 is 28.5 Å². The smallest absolute Gasteiger partial charge is 0.434 e. The number of unbranched alkanes of at least 4 members (excludes halogenated alkanes) is 1. The zero-order valence-corrected chi connectivity index (χ0v) is 9.85. The molecule has 0 fully saturated rings. The van der Waals surface area contributed by atoms with Gasteiger partial charge in [-0.1, -0.05) is 11.8 Å². The van der Waals surface area contributed by atoms with E-state index >= 15 is 0 Å². The average molecular weight is 254 g/mol. The zero-order valence-electron chi connectivity index (χ0n) is 9.85. The van der Waals surface area contributed by atoms with Crippen molar-refractivity contribution in [2.45, 2.75) is 12.8 Å². The van der Waals surface area contributed by atoms with Gasteiger partial charge in [-0.25, -0.2) is 9.59 Å². The molecule has 0 rings (SSSR count). The van der Waals surface area contributed by atoms with Gasteiger partial charge in [-0.05, 0) is 12.8 Å². The molecule has 0 aliphatic rings. The van der Waals surface area contributed by atoms with Crippen molar-refractivity contribution in [3.8, 4) is 24.7 Å². The Morgan fingerprint density at radius 2 is 1.17 bits per heavy atom. The molecule has 0 saturated heterocycles. The van der Waals surface area contributed by atoms with Crippen LogP contribution in [-0.2, 0) is 18.9 Å². The molecule has 0 aromatic heterocycles. The van der Waals surface area contributed by atoms with Crippen LogP contribution in [0.2, 0.25) is 0 Å². The Bertz CT molecular complexity index is 301. The Labute approximate surface area is 106 Å². The van der Waals surface area contributed by atoms with Crippen molar-refractivity contribution in [1.29, 1.82) is 0 Å². The molecule has 0 amide bonds. The molecule has 0 atom stereocenters. The molecule has 0 unspecified atom stereocenters. The molecule has 0 saturated carbocycles. The summed E-state index contributed by atoms with van der Waals surface area (Å²) in [4.78, 5) is 21.6. The number of terminal acetylenes is 2. The molecular formula is C12H14O6. The van der Waals surface area contributed by atoms with Gasteiger partial charge in [-0.15, -0.1) is 12.8 Å². The third kappa shape index (κ3) is 10.2. The lowest BCUT2D eigenvalue weighted by molar-refractivity contribution is 0.0523. The summed E-state index contributed by atoms with van der Waals surface area (Å²) in [6, 6.07) is 0. The zero-order chi connectivity index (χ0) is 13.6. The standard InChI is InChI=1S/C12H14O6/c1-3-7-15-11(13)17-9-5-6-10-18-12(14)16-8-4-2/h1-2H,5-10H2. The monoisotopic (exact) mass is 254 g/mol. The van der Waals surface area contributed by atoms with Crippen LogP contribution in [0.3, 0.4) is 0 Å². The highest BCUT2D eigenvalue weighted by atomic mass is 16.7. The highest BCUT2D eigenvalue weighted by molar-refractivity contribution is 5.60. The van der Waals surface area contributed by atoms with Crippen LogP contribution < -0.4 is 0 Å². The minimum atomic E-state index is -0.817. The first-order valence-corrected chi connectivity index (χ1v) is 5.16. The van der Waals surface area contributed by atoms with Gasteiger partial charge in [-0.2, -0.15) is 0 Å². The second-order valence-electron chi connectivity index (χ2n) is 2.89. The average Bonchev–Trinajstić information content (AvgIpc) is 2.37. The fourth-order valence-corrected chi connectivity index (χ4v) is 0.800. The Morgan fingerprint density at radius 3 is 1.50 bits per heavy atom. The van der Waals surface area contributed by atoms with E-state index in [4.69, 9.17) is 12.8 Å². The lowest BCUT2D eigenvalue weighted by atomic mass is 10.3. The second-order valence-corrected chi connectivity index (χ2v) is 2.89. The number of hydrogen-bond acceptors (Lipinski definition) is 6. The maximum atomic E-state index is 10.8. The van der Waals surface area contributed by atoms with Gasteiger partial charge in [0.05, 0.1) is 13.2 Å². The van der Waals surface area contributed by atoms with E-state index in [2.05, 4.69) is 30.8 Å². The minimum absolute atomic E-state index is 0.122. The summed E-state index contributed by atoms with van der Waals surface area (Å²) in [6.07, 6.45) is 9.17. The van der Waals surface area contributed by atoms with Crippen LogP contribution in [0, 0.1) is 24.7 Å². The lowest BCUT2D eigenvalue weighted by Gasteiger charge is -2.05. The predicted molar refractivity (Wildman–Crippen MR) is 61.5 cm³/mol. The summed E-state index contributed by atoms with van der Waals surface area (Å²) in [5.74, 6) is 4.26. The van der Waals surface area contributed by atoms with E-state index < -0.39 is 12.3 Å². The molecule has 6 nitrogen and oxygen atoms in total. The molecule has 0 spiro atoms. The summed E-state index contributed by atoms with van der Waals surface area (Å²) in [6.45, 7) is 0.0737. The molecule has 0 aromatic carbocycles. The van der Waals surface area contributed by atoms with Crippen LogP contribution in [0.25, 0.3) is 0 Å². The molecule has 0 bridgehead atoms. The van der Waals surface area contributed by atoms with Crippen molar-refractivity contribution >= 4 is 12.3 Å². The lowest BCUT2D eigenvalue weighted by Crippen LogP contribution is -2.11. The Morgan fingerprint density at radius 1 is 0.778 bits per heavy atom. The predicted octanol–water partition coefficient (Wildman–Crippen LogP) is 1.34. The number of hydrogen-bond donors (Lipinski definition) is 0. The van der Waals surface area contributed by atoms with E-state index in [9.17, 15) is 9.59 Å². The molecule has 0 aliphatic carbocycles. The SMILES string of the molecule is C#CCOC(=O)OCCCCOC(=O)OCC#C. The Kier molecular flexibility index (Phi) is 9.70. The highest BCUT2D eigenvalue weighted by Gasteiger charge is 2.03. The van der Waals surface area contributed by atoms with Gasteiger partial charge in [0.1, 0.15) is 0 Å². The third-order valence-electron chi connectivity index (χ3n) is 1.53. The van der Waals surface area contributed by atoms with Gasteiger partial charge in [-0.3, -0.25) is 0 Å². The number of carbonyl (C=O) groups excluding carboxylic acids is 2. The maximum absolute atomic E-state index is 10.8. The quantitative estimate of drug-likeness (QED) is 0.388. The molecule has 6 heteroatoms. The van der Waals surface area contributed by atoms with Crippen molar-refractivity contribution in [2.75, 3.05) is 26.4 Å². The van der Waals surface area contributed by atoms with Gasteiger partial charge >= 0.3 is 12.3 Å². The number of carbonyl (C=O) groups is 2. The van der Waals surface area contributed by atoms with Crippen molar-refractivity contribution in [1.82, 2.24) is 0 Å². The van der Waals surface area contributed by atoms with Crippen molar-refractivity contribution in [3.63, 3.8) is 0 Å². The highest BCUT2D eigenvalue weighted by Crippen LogP contribution is 1.95.